The van der Waals surface area contributed by atoms with Crippen molar-refractivity contribution in [2.45, 2.75) is 38.1 Å². The van der Waals surface area contributed by atoms with Crippen LogP contribution in [0.15, 0.2) is 24.3 Å². The summed E-state index contributed by atoms with van der Waals surface area (Å²) in [7, 11) is -3.42. The highest BCUT2D eigenvalue weighted by Crippen LogP contribution is 2.33. The van der Waals surface area contributed by atoms with Gasteiger partial charge in [0.15, 0.2) is 9.84 Å². The fourth-order valence-corrected chi connectivity index (χ4v) is 3.79. The zero-order valence-electron chi connectivity index (χ0n) is 14.0. The Bertz CT molecular complexity index is 731. The lowest BCUT2D eigenvalue weighted by atomic mass is 9.90. The number of rotatable bonds is 5. The summed E-state index contributed by atoms with van der Waals surface area (Å²) in [6, 6.07) is 5.49. The summed E-state index contributed by atoms with van der Waals surface area (Å²) >= 11 is 0. The first-order valence-electron chi connectivity index (χ1n) is 7.71. The number of hydrogen-bond acceptors (Lipinski definition) is 4. The van der Waals surface area contributed by atoms with Crippen LogP contribution in [-0.4, -0.2) is 49.7 Å². The van der Waals surface area contributed by atoms with E-state index in [0.29, 0.717) is 19.4 Å². The van der Waals surface area contributed by atoms with Crippen LogP contribution in [0.1, 0.15) is 25.3 Å². The van der Waals surface area contributed by atoms with Crippen molar-refractivity contribution < 1.29 is 31.1 Å². The summed E-state index contributed by atoms with van der Waals surface area (Å²) in [5.74, 6) is -1.29. The number of benzene rings is 1. The van der Waals surface area contributed by atoms with E-state index in [1.807, 2.05) is 6.92 Å². The van der Waals surface area contributed by atoms with E-state index in [1.54, 1.807) is 4.90 Å². The van der Waals surface area contributed by atoms with Crippen molar-refractivity contribution in [1.82, 2.24) is 4.90 Å². The maximum Gasteiger partial charge on any atom is 0.573 e. The highest BCUT2D eigenvalue weighted by Gasteiger charge is 2.40. The van der Waals surface area contributed by atoms with Gasteiger partial charge in [-0.3, -0.25) is 4.79 Å². The Labute approximate surface area is 144 Å². The van der Waals surface area contributed by atoms with Crippen molar-refractivity contribution >= 4 is 15.7 Å². The molecule has 1 amide bonds. The number of carbonyl (C=O) groups is 1. The fourth-order valence-electron chi connectivity index (χ4n) is 3.18. The molecule has 1 unspecified atom stereocenters. The van der Waals surface area contributed by atoms with E-state index in [9.17, 15) is 26.4 Å². The summed E-state index contributed by atoms with van der Waals surface area (Å²) in [4.78, 5) is 13.8. The minimum absolute atomic E-state index is 0.308. The number of sulfone groups is 1. The van der Waals surface area contributed by atoms with Crippen LogP contribution in [0.3, 0.4) is 0 Å². The maximum absolute atomic E-state index is 12.3. The normalized spacial score (nSPS) is 21.4. The standard InChI is InChI=1S/C16H20F3NO4S/c1-15(8-3-9-20(15)14(21)11-25(2,22)23)10-12-4-6-13(7-5-12)24-16(17,18)19/h4-7H,3,8-11H2,1-2H3. The first kappa shape index (κ1) is 19.6. The van der Waals surface area contributed by atoms with Crippen molar-refractivity contribution in [1.29, 1.82) is 0 Å². The molecule has 0 aliphatic carbocycles. The van der Waals surface area contributed by atoms with Gasteiger partial charge in [-0.05, 0) is 43.9 Å². The lowest BCUT2D eigenvalue weighted by Gasteiger charge is -2.35. The minimum atomic E-state index is -4.74. The topological polar surface area (TPSA) is 63.7 Å². The Hall–Kier alpha value is -1.77. The third-order valence-electron chi connectivity index (χ3n) is 4.18. The van der Waals surface area contributed by atoms with Crippen LogP contribution in [0.4, 0.5) is 13.2 Å². The van der Waals surface area contributed by atoms with Crippen molar-refractivity contribution in [2.24, 2.45) is 0 Å². The molecule has 1 heterocycles. The van der Waals surface area contributed by atoms with Gasteiger partial charge in [-0.2, -0.15) is 0 Å². The summed E-state index contributed by atoms with van der Waals surface area (Å²) < 4.78 is 63.1. The van der Waals surface area contributed by atoms with Crippen LogP contribution in [0.25, 0.3) is 0 Å². The third-order valence-corrected chi connectivity index (χ3v) is 4.95. The van der Waals surface area contributed by atoms with Gasteiger partial charge >= 0.3 is 6.36 Å². The lowest BCUT2D eigenvalue weighted by molar-refractivity contribution is -0.274. The highest BCUT2D eigenvalue weighted by molar-refractivity contribution is 7.91. The molecule has 1 aliphatic heterocycles. The van der Waals surface area contributed by atoms with Crippen LogP contribution in [0, 0.1) is 0 Å². The van der Waals surface area contributed by atoms with Gasteiger partial charge < -0.3 is 9.64 Å². The molecule has 2 rings (SSSR count). The average molecular weight is 379 g/mol. The Kier molecular flexibility index (Phi) is 5.36. The van der Waals surface area contributed by atoms with Gasteiger partial charge in [0.1, 0.15) is 11.5 Å². The number of hydrogen-bond donors (Lipinski definition) is 0. The number of likely N-dealkylation sites (tertiary alicyclic amines) is 1. The zero-order chi connectivity index (χ0) is 18.9. The number of halogens is 3. The van der Waals surface area contributed by atoms with E-state index < -0.39 is 33.4 Å². The smallest absolute Gasteiger partial charge is 0.406 e. The second kappa shape index (κ2) is 6.86. The Balaban J connectivity index is 2.10. The van der Waals surface area contributed by atoms with Crippen molar-refractivity contribution in [2.75, 3.05) is 18.6 Å². The number of alkyl halides is 3. The highest BCUT2D eigenvalue weighted by atomic mass is 32.2. The van der Waals surface area contributed by atoms with Crippen LogP contribution in [-0.2, 0) is 21.1 Å². The Morgan fingerprint density at radius 3 is 2.40 bits per heavy atom. The summed E-state index contributed by atoms with van der Waals surface area (Å²) in [6.07, 6.45) is -1.86. The van der Waals surface area contributed by atoms with Gasteiger partial charge in [0.05, 0.1) is 0 Å². The molecule has 1 aromatic carbocycles. The van der Waals surface area contributed by atoms with Gasteiger partial charge in [-0.1, -0.05) is 12.1 Å². The van der Waals surface area contributed by atoms with Gasteiger partial charge in [0, 0.05) is 18.3 Å². The van der Waals surface area contributed by atoms with Crippen LogP contribution in [0.2, 0.25) is 0 Å². The van der Waals surface area contributed by atoms with E-state index in [-0.39, 0.29) is 5.75 Å². The monoisotopic (exact) mass is 379 g/mol. The molecule has 0 radical (unpaired) electrons. The zero-order valence-corrected chi connectivity index (χ0v) is 14.8. The van der Waals surface area contributed by atoms with Crippen LogP contribution < -0.4 is 4.74 Å². The first-order valence-corrected chi connectivity index (χ1v) is 9.77. The number of nitrogens with zero attached hydrogens (tertiary/aromatic N) is 1. The molecule has 1 saturated heterocycles. The number of amides is 1. The molecule has 1 fully saturated rings. The van der Waals surface area contributed by atoms with E-state index in [4.69, 9.17) is 0 Å². The average Bonchev–Trinajstić information content (AvgIpc) is 2.79. The summed E-state index contributed by atoms with van der Waals surface area (Å²) in [6.45, 7) is 2.33. The minimum Gasteiger partial charge on any atom is -0.406 e. The molecule has 9 heteroatoms. The molecule has 0 spiro atoms. The maximum atomic E-state index is 12.3. The van der Waals surface area contributed by atoms with Gasteiger partial charge in [-0.15, -0.1) is 13.2 Å². The van der Waals surface area contributed by atoms with E-state index in [0.717, 1.165) is 18.2 Å². The summed E-state index contributed by atoms with van der Waals surface area (Å²) in [5.41, 5.74) is 0.185. The molecule has 0 saturated carbocycles. The molecule has 1 aromatic rings. The molecule has 0 N–H and O–H groups in total. The predicted molar refractivity (Wildman–Crippen MR) is 85.9 cm³/mol. The van der Waals surface area contributed by atoms with Gasteiger partial charge in [0.2, 0.25) is 5.91 Å². The molecular weight excluding hydrogens is 359 g/mol. The largest absolute Gasteiger partial charge is 0.573 e. The molecular formula is C16H20F3NO4S. The molecule has 0 aromatic heterocycles. The molecule has 25 heavy (non-hydrogen) atoms. The number of ether oxygens (including phenoxy) is 1. The molecule has 1 atom stereocenters. The van der Waals surface area contributed by atoms with Gasteiger partial charge in [-0.25, -0.2) is 8.42 Å². The molecule has 1 aliphatic rings. The quantitative estimate of drug-likeness (QED) is 0.789. The van der Waals surface area contributed by atoms with Crippen LogP contribution in [0.5, 0.6) is 5.75 Å². The molecule has 5 nitrogen and oxygen atoms in total. The van der Waals surface area contributed by atoms with E-state index in [1.165, 1.54) is 24.3 Å². The van der Waals surface area contributed by atoms with E-state index in [2.05, 4.69) is 4.74 Å². The third kappa shape index (κ3) is 5.62. The van der Waals surface area contributed by atoms with E-state index >= 15 is 0 Å². The van der Waals surface area contributed by atoms with Crippen LogP contribution >= 0.6 is 0 Å². The first-order chi connectivity index (χ1) is 11.4. The molecule has 0 bridgehead atoms. The SMILES string of the molecule is CC1(Cc2ccc(OC(F)(F)F)cc2)CCCN1C(=O)CS(C)(=O)=O. The van der Waals surface area contributed by atoms with Crippen molar-refractivity contribution in [3.05, 3.63) is 29.8 Å². The summed E-state index contributed by atoms with van der Waals surface area (Å²) in [5, 5.41) is 0. The van der Waals surface area contributed by atoms with Crippen molar-refractivity contribution in [3.8, 4) is 5.75 Å². The second-order valence-corrected chi connectivity index (χ2v) is 8.72. The fraction of sp³-hybridized carbons (Fsp3) is 0.562. The number of carbonyl (C=O) groups excluding carboxylic acids is 1. The Morgan fingerprint density at radius 1 is 1.28 bits per heavy atom. The predicted octanol–water partition coefficient (Wildman–Crippen LogP) is 2.55. The second-order valence-electron chi connectivity index (χ2n) is 6.58. The Morgan fingerprint density at radius 2 is 1.88 bits per heavy atom. The molecule has 140 valence electrons. The van der Waals surface area contributed by atoms with Crippen molar-refractivity contribution in [3.63, 3.8) is 0 Å². The lowest BCUT2D eigenvalue weighted by Crippen LogP contribution is -2.48. The van der Waals surface area contributed by atoms with Gasteiger partial charge in [0.25, 0.3) is 0 Å².